The van der Waals surface area contributed by atoms with Gasteiger partial charge in [0.25, 0.3) is 5.69 Å². The minimum absolute atomic E-state index is 0. The molecule has 0 fully saturated rings. The van der Waals surface area contributed by atoms with Crippen molar-refractivity contribution < 1.29 is 63.6 Å². The smallest absolute Gasteiger partial charge is 0.691 e. The Balaban J connectivity index is 0.00000484. The van der Waals surface area contributed by atoms with Crippen LogP contribution in [0.5, 0.6) is 5.75 Å². The van der Waals surface area contributed by atoms with E-state index in [-0.39, 0.29) is 57.6 Å². The number of nitrogens with zero attached hydrogens (tertiary/aromatic N) is 2. The molecule has 0 spiro atoms. The largest absolute Gasteiger partial charge is 1.00 e. The number of hydrogen-bond donors (Lipinski definition) is 0. The van der Waals surface area contributed by atoms with Crippen molar-refractivity contribution in [1.82, 2.24) is 0 Å². The summed E-state index contributed by atoms with van der Waals surface area (Å²) in [6.07, 6.45) is 0. The number of benzene rings is 1. The predicted molar refractivity (Wildman–Crippen MR) is 71.3 cm³/mol. The third kappa shape index (κ3) is 6.68. The van der Waals surface area contributed by atoms with E-state index >= 15 is 0 Å². The zero-order chi connectivity index (χ0) is 16.7. The van der Waals surface area contributed by atoms with Gasteiger partial charge < -0.3 is 9.99 Å². The average Bonchev–Trinajstić information content (AvgIpc) is 2.45. The molecule has 120 valence electrons. The van der Waals surface area contributed by atoms with Crippen LogP contribution < -0.4 is 39.6 Å². The van der Waals surface area contributed by atoms with E-state index in [2.05, 4.69) is 25.3 Å². The van der Waals surface area contributed by atoms with Crippen molar-refractivity contribution in [3.8, 4) is 5.75 Å². The first-order chi connectivity index (χ1) is 10.4. The van der Waals surface area contributed by atoms with Gasteiger partial charge in [-0.15, -0.1) is 0 Å². The molecule has 0 N–H and O–H groups in total. The molecule has 0 amide bonds. The van der Waals surface area contributed by atoms with Gasteiger partial charge in [0.2, 0.25) is 0 Å². The van der Waals surface area contributed by atoms with Crippen molar-refractivity contribution in [2.75, 3.05) is 5.33 Å². The minimum atomic E-state index is -1.65. The molecule has 0 radical (unpaired) electrons. The topological polar surface area (TPSA) is 154 Å². The summed E-state index contributed by atoms with van der Waals surface area (Å²) in [4.78, 5) is 31.3. The number of halogens is 1. The van der Waals surface area contributed by atoms with Gasteiger partial charge in [-0.2, -0.15) is 4.33 Å². The number of carbonyl (C=O) groups is 1. The van der Waals surface area contributed by atoms with Crippen LogP contribution in [-0.4, -0.2) is 27.2 Å². The molecule has 0 bridgehead atoms. The van der Waals surface area contributed by atoms with Crippen molar-refractivity contribution in [2.45, 2.75) is 10.9 Å². The fraction of sp³-hybridized carbons (Fsp3) is 0.222. The van der Waals surface area contributed by atoms with Crippen molar-refractivity contribution in [3.05, 3.63) is 38.4 Å². The number of nitro benzene ring substituents is 1. The van der Waals surface area contributed by atoms with E-state index in [4.69, 9.17) is 4.74 Å². The van der Waals surface area contributed by atoms with Crippen molar-refractivity contribution in [3.63, 3.8) is 0 Å². The van der Waals surface area contributed by atoms with Gasteiger partial charge in [0.05, 0.1) is 28.4 Å². The molecule has 0 aliphatic rings. The standard InChI is InChI=1S/C9H7BrN2O9S.Na/c10-4-7(12(16)17)9(13)19-5-1-2-8(22-21-20-18)6(3-5)11(14)15;/h1-3,7,18H,4H2;/q;+1/p-1. The van der Waals surface area contributed by atoms with Crippen LogP contribution >= 0.6 is 28.0 Å². The number of alkyl halides is 1. The van der Waals surface area contributed by atoms with E-state index in [9.17, 15) is 30.3 Å². The zero-order valence-corrected chi connectivity index (χ0v) is 15.8. The SMILES string of the molecule is O=C(Oc1ccc(SOO[O-])c([N+](=O)[O-])c1)C(CBr)[N+](=O)[O-].[Na+]. The molecule has 0 saturated carbocycles. The molecule has 0 saturated heterocycles. The average molecular weight is 421 g/mol. The second-order valence-electron chi connectivity index (χ2n) is 3.48. The van der Waals surface area contributed by atoms with E-state index in [1.54, 1.807) is 0 Å². The number of nitro groups is 2. The number of esters is 1. The van der Waals surface area contributed by atoms with E-state index in [0.29, 0.717) is 0 Å². The van der Waals surface area contributed by atoms with Gasteiger partial charge in [-0.1, -0.05) is 15.9 Å². The van der Waals surface area contributed by atoms with Gasteiger partial charge in [-0.3, -0.25) is 25.3 Å². The predicted octanol–water partition coefficient (Wildman–Crippen LogP) is -2.22. The molecule has 1 unspecified atom stereocenters. The Morgan fingerprint density at radius 2 is 2.00 bits per heavy atom. The molecular weight excluding hydrogens is 415 g/mol. The van der Waals surface area contributed by atoms with Crippen LogP contribution in [0, 0.1) is 20.2 Å². The first-order valence-corrected chi connectivity index (χ1v) is 7.09. The van der Waals surface area contributed by atoms with Gasteiger partial charge in [0.15, 0.2) is 0 Å². The minimum Gasteiger partial charge on any atom is -0.691 e. The Labute approximate surface area is 163 Å². The second kappa shape index (κ2) is 10.9. The molecule has 11 nitrogen and oxygen atoms in total. The third-order valence-electron chi connectivity index (χ3n) is 2.17. The van der Waals surface area contributed by atoms with E-state index in [1.807, 2.05) is 0 Å². The van der Waals surface area contributed by atoms with Crippen LogP contribution in [0.1, 0.15) is 0 Å². The molecule has 1 aromatic carbocycles. The van der Waals surface area contributed by atoms with Crippen LogP contribution in [0.3, 0.4) is 0 Å². The Bertz CT molecular complexity index is 590. The number of ether oxygens (including phenoxy) is 1. The van der Waals surface area contributed by atoms with Crippen molar-refractivity contribution in [1.29, 1.82) is 0 Å². The van der Waals surface area contributed by atoms with Crippen LogP contribution in [0.2, 0.25) is 0 Å². The summed E-state index contributed by atoms with van der Waals surface area (Å²) >= 11 is 3.08. The molecule has 1 aromatic rings. The van der Waals surface area contributed by atoms with Gasteiger partial charge >= 0.3 is 41.6 Å². The molecule has 0 aromatic heterocycles. The number of rotatable bonds is 8. The molecule has 0 aliphatic heterocycles. The Kier molecular flexibility index (Phi) is 10.5. The summed E-state index contributed by atoms with van der Waals surface area (Å²) < 4.78 is 8.69. The van der Waals surface area contributed by atoms with Gasteiger partial charge in [-0.25, -0.2) is 4.79 Å². The Morgan fingerprint density at radius 3 is 2.48 bits per heavy atom. The number of carbonyl (C=O) groups excluding carboxylic acids is 1. The van der Waals surface area contributed by atoms with Gasteiger partial charge in [0, 0.05) is 4.92 Å². The maximum atomic E-state index is 11.6. The third-order valence-corrected chi connectivity index (χ3v) is 3.43. The molecule has 1 rings (SSSR count). The Morgan fingerprint density at radius 1 is 1.35 bits per heavy atom. The van der Waals surface area contributed by atoms with Crippen LogP contribution in [-0.2, 0) is 14.2 Å². The normalized spacial score (nSPS) is 11.2. The summed E-state index contributed by atoms with van der Waals surface area (Å²) in [5, 5.41) is 34.0. The van der Waals surface area contributed by atoms with E-state index in [1.165, 1.54) is 0 Å². The van der Waals surface area contributed by atoms with E-state index < -0.39 is 27.5 Å². The first-order valence-electron chi connectivity index (χ1n) is 5.23. The Hall–Kier alpha value is -0.800. The molecule has 14 heteroatoms. The van der Waals surface area contributed by atoms with Crippen LogP contribution in [0.4, 0.5) is 5.69 Å². The molecule has 1 atom stereocenters. The number of hydrogen-bond acceptors (Lipinski definition) is 10. The summed E-state index contributed by atoms with van der Waals surface area (Å²) in [5.41, 5.74) is -0.538. The monoisotopic (exact) mass is 420 g/mol. The van der Waals surface area contributed by atoms with Crippen molar-refractivity contribution in [2.24, 2.45) is 0 Å². The second-order valence-corrected chi connectivity index (χ2v) is 4.87. The fourth-order valence-corrected chi connectivity index (χ4v) is 2.16. The maximum Gasteiger partial charge on any atom is 1.00 e. The van der Waals surface area contributed by atoms with E-state index in [0.717, 1.165) is 18.2 Å². The van der Waals surface area contributed by atoms with Crippen LogP contribution in [0.15, 0.2) is 23.1 Å². The molecule has 0 heterocycles. The quantitative estimate of drug-likeness (QED) is 0.0659. The van der Waals surface area contributed by atoms with Gasteiger partial charge in [0.1, 0.15) is 10.6 Å². The zero-order valence-electron chi connectivity index (χ0n) is 11.4. The fourth-order valence-electron chi connectivity index (χ4n) is 1.21. The summed E-state index contributed by atoms with van der Waals surface area (Å²) in [6.45, 7) is 0. The summed E-state index contributed by atoms with van der Waals surface area (Å²) in [6, 6.07) is 1.48. The summed E-state index contributed by atoms with van der Waals surface area (Å²) in [7, 11) is 0. The van der Waals surface area contributed by atoms with Crippen LogP contribution in [0.25, 0.3) is 0 Å². The summed E-state index contributed by atoms with van der Waals surface area (Å²) in [5.74, 6) is -1.45. The molecular formula is C9H6BrN2NaO9S. The molecule has 0 aliphatic carbocycles. The first kappa shape index (κ1) is 22.2. The van der Waals surface area contributed by atoms with Crippen molar-refractivity contribution >= 4 is 39.6 Å². The molecule has 23 heavy (non-hydrogen) atoms. The maximum absolute atomic E-state index is 11.6. The van der Waals surface area contributed by atoms with Gasteiger partial charge in [-0.05, 0) is 12.1 Å².